The van der Waals surface area contributed by atoms with Gasteiger partial charge >= 0.3 is 42.1 Å². The van der Waals surface area contributed by atoms with Crippen molar-refractivity contribution in [2.24, 2.45) is 0 Å². The van der Waals surface area contributed by atoms with E-state index in [1.165, 1.54) is 39.6 Å². The molecular weight excluding hydrogens is 227 g/mol. The Morgan fingerprint density at radius 2 is 1.25 bits per heavy atom. The Morgan fingerprint density at radius 1 is 1.25 bits per heavy atom. The van der Waals surface area contributed by atoms with Crippen LogP contribution in [0.25, 0.3) is 0 Å². The van der Waals surface area contributed by atoms with E-state index in [9.17, 15) is 0 Å². The SMILES string of the molecule is [AlH3].[CH3][Ce].[Ti]. The van der Waals surface area contributed by atoms with Crippen LogP contribution in [0.2, 0.25) is 2.44 Å². The van der Waals surface area contributed by atoms with Gasteiger partial charge in [0, 0.05) is 21.7 Å². The molecular formula is CH6AlCeTi. The average molecular weight is 233 g/mol. The third-order valence-electron chi connectivity index (χ3n) is 0. The van der Waals surface area contributed by atoms with Crippen molar-refractivity contribution in [1.82, 2.24) is 0 Å². The molecule has 0 aliphatic heterocycles. The molecule has 0 heterocycles. The summed E-state index contributed by atoms with van der Waals surface area (Å²) in [6, 6.07) is 0. The van der Waals surface area contributed by atoms with Crippen LogP contribution >= 0.6 is 0 Å². The molecule has 0 N–H and O–H groups in total. The summed E-state index contributed by atoms with van der Waals surface area (Å²) in [5.41, 5.74) is 0. The largest absolute Gasteiger partial charge is 0 e. The van der Waals surface area contributed by atoms with Crippen LogP contribution in [-0.2, 0) is 21.7 Å². The minimum Gasteiger partial charge on any atom is 0 e. The smallest absolute Gasteiger partial charge is 0 e. The summed E-state index contributed by atoms with van der Waals surface area (Å²) in [5.74, 6) is 0. The van der Waals surface area contributed by atoms with Gasteiger partial charge < -0.3 is 0 Å². The van der Waals surface area contributed by atoms with Crippen LogP contribution < -0.4 is 0 Å². The zero-order valence-electron chi connectivity index (χ0n) is 2.00. The summed E-state index contributed by atoms with van der Waals surface area (Å²) >= 11 is 1.31. The van der Waals surface area contributed by atoms with Crippen LogP contribution in [0.15, 0.2) is 0 Å². The molecule has 0 fully saturated rings. The van der Waals surface area contributed by atoms with Crippen molar-refractivity contribution in [2.75, 3.05) is 0 Å². The Kier molecular flexibility index (Phi) is 69.7. The Hall–Kier alpha value is 2.62. The van der Waals surface area contributed by atoms with Crippen molar-refractivity contribution < 1.29 is 61.4 Å². The second-order valence-electron chi connectivity index (χ2n) is 0. The molecule has 0 aromatic rings. The van der Waals surface area contributed by atoms with E-state index in [0.29, 0.717) is 0 Å². The molecule has 0 aliphatic carbocycles. The quantitative estimate of drug-likeness (QED) is 0.490. The van der Waals surface area contributed by atoms with E-state index < -0.39 is 0 Å². The van der Waals surface area contributed by atoms with Crippen molar-refractivity contribution in [3.8, 4) is 0 Å². The molecule has 0 amide bonds. The number of hydrogen-bond donors (Lipinski definition) is 0. The maximum atomic E-state index is 2.14. The maximum Gasteiger partial charge on any atom is 0 e. The zero-order valence-corrected chi connectivity index (χ0v) is 6.70. The normalized spacial score (nSPS) is 1.00. The van der Waals surface area contributed by atoms with E-state index in [0.717, 1.165) is 0 Å². The predicted molar refractivity (Wildman–Crippen MR) is 15.8 cm³/mol. The van der Waals surface area contributed by atoms with Crippen LogP contribution in [0.3, 0.4) is 0 Å². The van der Waals surface area contributed by atoms with E-state index in [1.807, 2.05) is 0 Å². The fraction of sp³-hybridized carbons (Fsp3) is 1.00. The van der Waals surface area contributed by atoms with E-state index in [2.05, 4.69) is 2.44 Å². The molecule has 0 nitrogen and oxygen atoms in total. The summed E-state index contributed by atoms with van der Waals surface area (Å²) in [7, 11) is 0. The van der Waals surface area contributed by atoms with Crippen LogP contribution in [-0.4, -0.2) is 17.4 Å². The molecule has 4 heavy (non-hydrogen) atoms. The van der Waals surface area contributed by atoms with Crippen molar-refractivity contribution in [1.29, 1.82) is 0 Å². The first-order valence-electron chi connectivity index (χ1n) is 0.500. The van der Waals surface area contributed by atoms with Gasteiger partial charge in [-0.2, -0.15) is 0 Å². The third-order valence-corrected chi connectivity index (χ3v) is 0. The van der Waals surface area contributed by atoms with Gasteiger partial charge in [0.25, 0.3) is 0 Å². The molecule has 0 rings (SSSR count). The average Bonchev–Trinajstić information content (AvgIpc) is 1.00. The molecule has 0 aromatic heterocycles. The first-order chi connectivity index (χ1) is 1.00. The van der Waals surface area contributed by atoms with Crippen molar-refractivity contribution >= 4 is 17.4 Å². The topological polar surface area (TPSA) is 0 Å². The monoisotopic (exact) mass is 233 g/mol. The van der Waals surface area contributed by atoms with Gasteiger partial charge in [0.1, 0.15) is 0 Å². The van der Waals surface area contributed by atoms with Gasteiger partial charge in [-0.05, 0) is 0 Å². The molecule has 0 saturated heterocycles. The summed E-state index contributed by atoms with van der Waals surface area (Å²) in [5, 5.41) is 0. The second-order valence-corrected chi connectivity index (χ2v) is 0. The summed E-state index contributed by atoms with van der Waals surface area (Å²) < 4.78 is 2.14. The molecule has 0 radical (unpaired) electrons. The molecule has 0 bridgehead atoms. The van der Waals surface area contributed by atoms with Gasteiger partial charge in [0.2, 0.25) is 0 Å². The van der Waals surface area contributed by atoms with Crippen LogP contribution in [0.1, 0.15) is 0 Å². The van der Waals surface area contributed by atoms with Gasteiger partial charge in [-0.25, -0.2) is 0 Å². The van der Waals surface area contributed by atoms with Crippen LogP contribution in [0, 0.1) is 39.6 Å². The molecule has 0 aliphatic rings. The van der Waals surface area contributed by atoms with Gasteiger partial charge in [0.15, 0.2) is 17.4 Å². The summed E-state index contributed by atoms with van der Waals surface area (Å²) in [6.45, 7) is 0. The van der Waals surface area contributed by atoms with Crippen molar-refractivity contribution in [2.45, 2.75) is 2.44 Å². The van der Waals surface area contributed by atoms with Crippen molar-refractivity contribution in [3.63, 3.8) is 0 Å². The van der Waals surface area contributed by atoms with E-state index in [4.69, 9.17) is 0 Å². The molecule has 21 valence electrons. The van der Waals surface area contributed by atoms with Crippen LogP contribution in [0.4, 0.5) is 0 Å². The number of hydrogen-bond acceptors (Lipinski definition) is 0. The van der Waals surface area contributed by atoms with E-state index in [1.54, 1.807) is 0 Å². The van der Waals surface area contributed by atoms with E-state index in [-0.39, 0.29) is 39.1 Å². The zero-order chi connectivity index (χ0) is 2.00. The first kappa shape index (κ1) is 16.0. The summed E-state index contributed by atoms with van der Waals surface area (Å²) in [4.78, 5) is 0. The van der Waals surface area contributed by atoms with Gasteiger partial charge in [-0.15, -0.1) is 0 Å². The molecule has 0 aromatic carbocycles. The molecule has 0 spiro atoms. The Balaban J connectivity index is -0.00000000500. The van der Waals surface area contributed by atoms with Gasteiger partial charge in [-0.3, -0.25) is 0 Å². The molecule has 0 saturated carbocycles. The number of rotatable bonds is 0. The predicted octanol–water partition coefficient (Wildman–Crippen LogP) is -0.603. The minimum absolute atomic E-state index is 0. The van der Waals surface area contributed by atoms with Crippen molar-refractivity contribution in [3.05, 3.63) is 0 Å². The fourth-order valence-corrected chi connectivity index (χ4v) is 0. The van der Waals surface area contributed by atoms with Gasteiger partial charge in [0.05, 0.1) is 0 Å². The molecule has 0 unspecified atom stereocenters. The third kappa shape index (κ3) is 8.82. The Morgan fingerprint density at radius 3 is 1.25 bits per heavy atom. The Labute approximate surface area is 79.4 Å². The minimum atomic E-state index is 0. The maximum absolute atomic E-state index is 2.14. The van der Waals surface area contributed by atoms with Gasteiger partial charge in [-0.1, -0.05) is 0 Å². The molecule has 0 atom stereocenters. The second kappa shape index (κ2) is 17.5. The fourth-order valence-electron chi connectivity index (χ4n) is 0. The summed E-state index contributed by atoms with van der Waals surface area (Å²) in [6.07, 6.45) is 0. The van der Waals surface area contributed by atoms with E-state index >= 15 is 0 Å². The Bertz CT molecular complexity index is 8.00. The first-order valence-corrected chi connectivity index (χ1v) is 3.64. The molecule has 3 heteroatoms. The van der Waals surface area contributed by atoms with Crippen LogP contribution in [0.5, 0.6) is 0 Å². The standard InChI is InChI=1S/CH3.Al.Ce.Ti.3H/h1H3;;;;;;.